The maximum atomic E-state index is 11.8. The summed E-state index contributed by atoms with van der Waals surface area (Å²) in [6.45, 7) is 22.0. The Morgan fingerprint density at radius 2 is 1.59 bits per heavy atom. The van der Waals surface area contributed by atoms with Gasteiger partial charge in [0.2, 0.25) is 0 Å². The van der Waals surface area contributed by atoms with Crippen LogP contribution in [-0.4, -0.2) is 39.1 Å². The number of ether oxygens (including phenoxy) is 1. The first-order valence-corrected chi connectivity index (χ1v) is 11.2. The summed E-state index contributed by atoms with van der Waals surface area (Å²) in [4.78, 5) is 11.8. The number of rotatable bonds is 7. The number of hydrogen-bond donors (Lipinski definition) is 1. The Bertz CT molecular complexity index is 354. The molecule has 0 amide bonds. The minimum atomic E-state index is -1.76. The van der Waals surface area contributed by atoms with Gasteiger partial charge in [-0.05, 0) is 44.8 Å². The van der Waals surface area contributed by atoms with Crippen LogP contribution in [0.1, 0.15) is 55.4 Å². The second kappa shape index (κ2) is 7.93. The highest BCUT2D eigenvalue weighted by Gasteiger charge is 2.37. The van der Waals surface area contributed by atoms with Gasteiger partial charge in [0.1, 0.15) is 5.60 Å². The number of esters is 1. The molecule has 0 aromatic heterocycles. The second-order valence-electron chi connectivity index (χ2n) is 8.89. The van der Waals surface area contributed by atoms with Gasteiger partial charge in [-0.3, -0.25) is 4.79 Å². The van der Waals surface area contributed by atoms with Crippen molar-refractivity contribution < 1.29 is 14.0 Å². The lowest BCUT2D eigenvalue weighted by Crippen LogP contribution is -2.48. The maximum absolute atomic E-state index is 11.8. The maximum Gasteiger partial charge on any atom is 0.320 e. The summed E-state index contributed by atoms with van der Waals surface area (Å²) in [7, 11) is -1.76. The van der Waals surface area contributed by atoms with Gasteiger partial charge in [-0.1, -0.05) is 34.6 Å². The summed E-state index contributed by atoms with van der Waals surface area (Å²) in [6.07, 6.45) is 0. The lowest BCUT2D eigenvalue weighted by molar-refractivity contribution is -0.153. The quantitative estimate of drug-likeness (QED) is 0.566. The van der Waals surface area contributed by atoms with Crippen LogP contribution in [0.2, 0.25) is 18.1 Å². The van der Waals surface area contributed by atoms with Gasteiger partial charge in [0.05, 0.1) is 6.54 Å². The van der Waals surface area contributed by atoms with Gasteiger partial charge < -0.3 is 14.5 Å². The summed E-state index contributed by atoms with van der Waals surface area (Å²) < 4.78 is 11.6. The van der Waals surface area contributed by atoms with Gasteiger partial charge in [-0.25, -0.2) is 0 Å². The summed E-state index contributed by atoms with van der Waals surface area (Å²) in [5.74, 6) is 0.178. The lowest BCUT2D eigenvalue weighted by atomic mass is 10.1. The first-order valence-electron chi connectivity index (χ1n) is 8.25. The largest absolute Gasteiger partial charge is 0.459 e. The summed E-state index contributed by atoms with van der Waals surface area (Å²) in [5, 5.41) is 3.48. The van der Waals surface area contributed by atoms with Crippen molar-refractivity contribution in [3.63, 3.8) is 0 Å². The lowest BCUT2D eigenvalue weighted by Gasteiger charge is -2.38. The van der Waals surface area contributed by atoms with Crippen LogP contribution < -0.4 is 5.32 Å². The molecule has 22 heavy (non-hydrogen) atoms. The molecule has 0 saturated heterocycles. The fourth-order valence-electron chi connectivity index (χ4n) is 1.59. The van der Waals surface area contributed by atoms with Crippen molar-refractivity contribution in [3.8, 4) is 0 Å². The summed E-state index contributed by atoms with van der Waals surface area (Å²) in [5.41, 5.74) is -0.441. The average Bonchev–Trinajstić information content (AvgIpc) is 2.23. The molecule has 0 aromatic rings. The highest BCUT2D eigenvalue weighted by Crippen LogP contribution is 2.36. The van der Waals surface area contributed by atoms with Crippen molar-refractivity contribution in [1.29, 1.82) is 0 Å². The highest BCUT2D eigenvalue weighted by molar-refractivity contribution is 6.74. The van der Waals surface area contributed by atoms with E-state index < -0.39 is 13.9 Å². The van der Waals surface area contributed by atoms with Crippen LogP contribution >= 0.6 is 0 Å². The number of carbonyl (C=O) groups excluding carboxylic acids is 1. The molecule has 5 heteroatoms. The van der Waals surface area contributed by atoms with Crippen LogP contribution in [-0.2, 0) is 14.0 Å². The standard InChI is InChI=1S/C17H37NO3Si/c1-13(2)14(12-20-22(9,10)17(6,7)8)18-11-15(19)21-16(3,4)5/h13-14,18H,11-12H2,1-10H3. The third kappa shape index (κ3) is 8.29. The third-order valence-corrected chi connectivity index (χ3v) is 8.66. The molecule has 0 aromatic carbocycles. The molecule has 0 saturated carbocycles. The minimum absolute atomic E-state index is 0.154. The van der Waals surface area contributed by atoms with Gasteiger partial charge in [0.25, 0.3) is 0 Å². The van der Waals surface area contributed by atoms with Crippen LogP contribution in [0, 0.1) is 5.92 Å². The van der Waals surface area contributed by atoms with Crippen LogP contribution in [0.4, 0.5) is 0 Å². The molecule has 0 rings (SSSR count). The van der Waals surface area contributed by atoms with Crippen molar-refractivity contribution in [3.05, 3.63) is 0 Å². The Labute approximate surface area is 138 Å². The first kappa shape index (κ1) is 21.6. The van der Waals surface area contributed by atoms with Gasteiger partial charge in [-0.2, -0.15) is 0 Å². The molecule has 1 N–H and O–H groups in total. The Kier molecular flexibility index (Phi) is 7.79. The molecule has 1 atom stereocenters. The van der Waals surface area contributed by atoms with E-state index >= 15 is 0 Å². The molecule has 0 aliphatic rings. The molecule has 0 radical (unpaired) electrons. The van der Waals surface area contributed by atoms with Gasteiger partial charge in [-0.15, -0.1) is 0 Å². The van der Waals surface area contributed by atoms with E-state index in [9.17, 15) is 4.79 Å². The summed E-state index contributed by atoms with van der Waals surface area (Å²) >= 11 is 0. The second-order valence-corrected chi connectivity index (χ2v) is 13.7. The molecule has 0 spiro atoms. The molecular weight excluding hydrogens is 294 g/mol. The Morgan fingerprint density at radius 1 is 1.09 bits per heavy atom. The third-order valence-electron chi connectivity index (χ3n) is 4.16. The molecule has 0 aliphatic heterocycles. The van der Waals surface area contributed by atoms with Gasteiger partial charge in [0, 0.05) is 12.6 Å². The van der Waals surface area contributed by atoms with Crippen LogP contribution in [0.25, 0.3) is 0 Å². The SMILES string of the molecule is CC(C)C(CO[Si](C)(C)C(C)(C)C)NCC(=O)OC(C)(C)C. The van der Waals surface area contributed by atoms with Crippen LogP contribution in [0.15, 0.2) is 0 Å². The van der Waals surface area contributed by atoms with Gasteiger partial charge >= 0.3 is 5.97 Å². The Balaban J connectivity index is 4.49. The molecular formula is C17H37NO3Si. The smallest absolute Gasteiger partial charge is 0.320 e. The zero-order valence-corrected chi connectivity index (χ0v) is 17.3. The van der Waals surface area contributed by atoms with E-state index in [2.05, 4.69) is 53.0 Å². The summed E-state index contributed by atoms with van der Waals surface area (Å²) in [6, 6.07) is 0.154. The van der Waals surface area contributed by atoms with Crippen molar-refractivity contribution >= 4 is 14.3 Å². The fourth-order valence-corrected chi connectivity index (χ4v) is 2.62. The molecule has 1 unspecified atom stereocenters. The number of hydrogen-bond acceptors (Lipinski definition) is 4. The van der Waals surface area contributed by atoms with E-state index in [1.54, 1.807) is 0 Å². The van der Waals surface area contributed by atoms with E-state index in [-0.39, 0.29) is 23.6 Å². The van der Waals surface area contributed by atoms with Crippen molar-refractivity contribution in [1.82, 2.24) is 5.32 Å². The predicted molar refractivity (Wildman–Crippen MR) is 95.6 cm³/mol. The molecule has 0 aliphatic carbocycles. The molecule has 132 valence electrons. The highest BCUT2D eigenvalue weighted by atomic mass is 28.4. The molecule has 0 heterocycles. The first-order chi connectivity index (χ1) is 9.66. The van der Waals surface area contributed by atoms with Crippen molar-refractivity contribution in [2.45, 2.75) is 85.2 Å². The zero-order chi connectivity index (χ0) is 17.8. The normalized spacial score (nSPS) is 15.0. The van der Waals surface area contributed by atoms with E-state index in [0.717, 1.165) is 0 Å². The monoisotopic (exact) mass is 331 g/mol. The zero-order valence-electron chi connectivity index (χ0n) is 16.3. The Hall–Kier alpha value is -0.393. The van der Waals surface area contributed by atoms with E-state index in [1.165, 1.54) is 0 Å². The number of nitrogens with one attached hydrogen (secondary N) is 1. The Morgan fingerprint density at radius 3 is 1.95 bits per heavy atom. The van der Waals surface area contributed by atoms with E-state index in [1.807, 2.05) is 20.8 Å². The molecule has 0 fully saturated rings. The molecule has 4 nitrogen and oxygen atoms in total. The van der Waals surface area contributed by atoms with Crippen molar-refractivity contribution in [2.75, 3.05) is 13.2 Å². The number of carbonyl (C=O) groups is 1. The van der Waals surface area contributed by atoms with Crippen molar-refractivity contribution in [2.24, 2.45) is 5.92 Å². The van der Waals surface area contributed by atoms with E-state index in [4.69, 9.17) is 9.16 Å². The van der Waals surface area contributed by atoms with Crippen LogP contribution in [0.3, 0.4) is 0 Å². The minimum Gasteiger partial charge on any atom is -0.459 e. The van der Waals surface area contributed by atoms with Gasteiger partial charge in [0.15, 0.2) is 8.32 Å². The topological polar surface area (TPSA) is 47.6 Å². The molecule has 0 bridgehead atoms. The van der Waals surface area contributed by atoms with Crippen LogP contribution in [0.5, 0.6) is 0 Å². The fraction of sp³-hybridized carbons (Fsp3) is 0.941. The van der Waals surface area contributed by atoms with E-state index in [0.29, 0.717) is 12.5 Å². The predicted octanol–water partition coefficient (Wildman–Crippen LogP) is 3.96. The average molecular weight is 332 g/mol.